The Balaban J connectivity index is 1.43. The van der Waals surface area contributed by atoms with Gasteiger partial charge in [-0.2, -0.15) is 0 Å². The lowest BCUT2D eigenvalue weighted by molar-refractivity contribution is -0.120. The van der Waals surface area contributed by atoms with Gasteiger partial charge in [-0.15, -0.1) is 0 Å². The van der Waals surface area contributed by atoms with Gasteiger partial charge in [-0.1, -0.05) is 32.9 Å². The molecule has 0 bridgehead atoms. The van der Waals surface area contributed by atoms with E-state index in [9.17, 15) is 9.90 Å². The van der Waals surface area contributed by atoms with Gasteiger partial charge in [0, 0.05) is 35.0 Å². The van der Waals surface area contributed by atoms with Crippen molar-refractivity contribution in [1.29, 1.82) is 0 Å². The molecule has 5 heteroatoms. The quantitative estimate of drug-likeness (QED) is 0.639. The molecule has 31 heavy (non-hydrogen) atoms. The first-order valence-electron chi connectivity index (χ1n) is 11.0. The molecule has 2 aliphatic rings. The lowest BCUT2D eigenvalue weighted by Crippen LogP contribution is -2.22. The summed E-state index contributed by atoms with van der Waals surface area (Å²) in [6.07, 6.45) is 2.18. The Morgan fingerprint density at radius 2 is 1.84 bits per heavy atom. The molecule has 1 N–H and O–H groups in total. The van der Waals surface area contributed by atoms with E-state index in [4.69, 9.17) is 9.47 Å². The predicted molar refractivity (Wildman–Crippen MR) is 120 cm³/mol. The third-order valence-electron chi connectivity index (χ3n) is 6.63. The number of rotatable bonds is 6. The summed E-state index contributed by atoms with van der Waals surface area (Å²) < 4.78 is 13.1. The number of fused-ring (bicyclic) bond motifs is 2. The number of aliphatic hydroxyl groups excluding tert-OH is 1. The van der Waals surface area contributed by atoms with Crippen LogP contribution in [0.2, 0.25) is 0 Å². The average molecular weight is 420 g/mol. The van der Waals surface area contributed by atoms with Crippen molar-refractivity contribution in [3.05, 3.63) is 59.3 Å². The number of Topliss-reactive ketones (excluding diaryl/α,β-unsaturated/α-hetero) is 1. The van der Waals surface area contributed by atoms with Crippen LogP contribution in [0, 0.1) is 0 Å². The van der Waals surface area contributed by atoms with E-state index in [1.165, 1.54) is 5.69 Å². The Bertz CT molecular complexity index is 1160. The van der Waals surface area contributed by atoms with Gasteiger partial charge < -0.3 is 19.1 Å². The van der Waals surface area contributed by atoms with Crippen molar-refractivity contribution >= 4 is 16.7 Å². The van der Waals surface area contributed by atoms with Gasteiger partial charge in [-0.05, 0) is 54.3 Å². The minimum atomic E-state index is -0.394. The Labute approximate surface area is 182 Å². The number of nitrogens with zero attached hydrogens (tertiary/aromatic N) is 1. The fraction of sp³-hybridized carbons (Fsp3) is 0.423. The molecule has 2 heterocycles. The Morgan fingerprint density at radius 1 is 1.06 bits per heavy atom. The summed E-state index contributed by atoms with van der Waals surface area (Å²) in [4.78, 5) is 13.4. The second kappa shape index (κ2) is 7.13. The van der Waals surface area contributed by atoms with Crippen LogP contribution < -0.4 is 9.47 Å². The zero-order valence-electron chi connectivity index (χ0n) is 18.4. The molecule has 0 atom stereocenters. The average Bonchev–Trinajstić information content (AvgIpc) is 3.27. The highest BCUT2D eigenvalue weighted by atomic mass is 16.7. The van der Waals surface area contributed by atoms with Gasteiger partial charge in [0.05, 0.1) is 12.0 Å². The molecule has 1 aliphatic carbocycles. The molecule has 5 nitrogen and oxygen atoms in total. The Hall–Kier alpha value is -2.79. The minimum Gasteiger partial charge on any atom is -0.454 e. The number of carbonyl (C=O) groups is 1. The van der Waals surface area contributed by atoms with E-state index in [-0.39, 0.29) is 24.6 Å². The Morgan fingerprint density at radius 3 is 2.55 bits per heavy atom. The van der Waals surface area contributed by atoms with Gasteiger partial charge in [0.25, 0.3) is 0 Å². The van der Waals surface area contributed by atoms with Crippen molar-refractivity contribution in [2.45, 2.75) is 57.4 Å². The van der Waals surface area contributed by atoms with Crippen LogP contribution >= 0.6 is 0 Å². The van der Waals surface area contributed by atoms with Crippen LogP contribution in [0.3, 0.4) is 0 Å². The molecule has 0 spiro atoms. The number of hydrogen-bond donors (Lipinski definition) is 1. The second-order valence-corrected chi connectivity index (χ2v) is 9.80. The van der Waals surface area contributed by atoms with Crippen LogP contribution in [0.5, 0.6) is 11.5 Å². The van der Waals surface area contributed by atoms with Crippen molar-refractivity contribution in [3.8, 4) is 11.5 Å². The molecule has 3 aromatic rings. The number of carbonyl (C=O) groups excluding carboxylic acids is 1. The summed E-state index contributed by atoms with van der Waals surface area (Å²) in [5.74, 6) is 1.74. The Kier molecular flexibility index (Phi) is 4.63. The normalized spacial score (nSPS) is 16.6. The SMILES string of the molecule is CC(C)(C)c1cc2cc(CC(=O)C3(c4ccc5c(c4)OCO5)CC3)ccc2n1CCO. The molecule has 5 rings (SSSR count). The van der Waals surface area contributed by atoms with Crippen molar-refractivity contribution in [2.24, 2.45) is 0 Å². The molecular formula is C26H29NO4. The van der Waals surface area contributed by atoms with Gasteiger partial charge in [-0.25, -0.2) is 0 Å². The molecule has 2 aromatic carbocycles. The van der Waals surface area contributed by atoms with E-state index < -0.39 is 5.41 Å². The maximum Gasteiger partial charge on any atom is 0.231 e. The summed E-state index contributed by atoms with van der Waals surface area (Å²) in [7, 11) is 0. The van der Waals surface area contributed by atoms with Crippen molar-refractivity contribution in [2.75, 3.05) is 13.4 Å². The monoisotopic (exact) mass is 419 g/mol. The van der Waals surface area contributed by atoms with Gasteiger partial charge in [0.2, 0.25) is 6.79 Å². The lowest BCUT2D eigenvalue weighted by Gasteiger charge is -2.21. The molecule has 1 aromatic heterocycles. The van der Waals surface area contributed by atoms with E-state index in [2.05, 4.69) is 49.6 Å². The minimum absolute atomic E-state index is 0.0262. The first kappa shape index (κ1) is 20.1. The number of hydrogen-bond acceptors (Lipinski definition) is 4. The molecular weight excluding hydrogens is 390 g/mol. The summed E-state index contributed by atoms with van der Waals surface area (Å²) >= 11 is 0. The summed E-state index contributed by atoms with van der Waals surface area (Å²) in [5.41, 5.74) is 3.95. The third kappa shape index (κ3) is 3.41. The first-order chi connectivity index (χ1) is 14.8. The van der Waals surface area contributed by atoms with Gasteiger partial charge in [0.1, 0.15) is 5.78 Å². The topological polar surface area (TPSA) is 60.7 Å². The number of ketones is 1. The van der Waals surface area contributed by atoms with Crippen molar-refractivity contribution in [1.82, 2.24) is 4.57 Å². The van der Waals surface area contributed by atoms with E-state index in [1.54, 1.807) is 0 Å². The fourth-order valence-electron chi connectivity index (χ4n) is 4.79. The highest BCUT2D eigenvalue weighted by Crippen LogP contribution is 2.51. The molecule has 0 saturated heterocycles. The van der Waals surface area contributed by atoms with Crippen molar-refractivity contribution in [3.63, 3.8) is 0 Å². The van der Waals surface area contributed by atoms with E-state index in [0.29, 0.717) is 13.0 Å². The molecule has 1 saturated carbocycles. The predicted octanol–water partition coefficient (Wildman–Crippen LogP) is 4.50. The van der Waals surface area contributed by atoms with Crippen LogP contribution in [0.4, 0.5) is 0 Å². The van der Waals surface area contributed by atoms with Crippen LogP contribution in [-0.2, 0) is 28.6 Å². The molecule has 1 aliphatic heterocycles. The number of ether oxygens (including phenoxy) is 2. The van der Waals surface area contributed by atoms with Crippen LogP contribution in [0.1, 0.15) is 50.4 Å². The van der Waals surface area contributed by atoms with Crippen LogP contribution in [0.15, 0.2) is 42.5 Å². The first-order valence-corrected chi connectivity index (χ1v) is 11.0. The highest BCUT2D eigenvalue weighted by Gasteiger charge is 2.50. The zero-order valence-corrected chi connectivity index (χ0v) is 18.4. The molecule has 0 radical (unpaired) electrons. The van der Waals surface area contributed by atoms with Gasteiger partial charge in [-0.3, -0.25) is 4.79 Å². The second-order valence-electron chi connectivity index (χ2n) is 9.80. The molecule has 0 unspecified atom stereocenters. The smallest absolute Gasteiger partial charge is 0.231 e. The van der Waals surface area contributed by atoms with Crippen LogP contribution in [0.25, 0.3) is 10.9 Å². The maximum absolute atomic E-state index is 13.4. The maximum atomic E-state index is 13.4. The summed E-state index contributed by atoms with van der Waals surface area (Å²) in [5, 5.41) is 10.7. The number of benzene rings is 2. The van der Waals surface area contributed by atoms with E-state index in [1.807, 2.05) is 18.2 Å². The van der Waals surface area contributed by atoms with Crippen LogP contribution in [-0.4, -0.2) is 28.9 Å². The highest BCUT2D eigenvalue weighted by molar-refractivity contribution is 5.95. The van der Waals surface area contributed by atoms with Gasteiger partial charge >= 0.3 is 0 Å². The number of aromatic nitrogens is 1. The standard InChI is InChI=1S/C26H29NO4/c1-25(2,3)23-14-18-12-17(4-6-20(18)27(23)10-11-28)13-24(29)26(8-9-26)19-5-7-21-22(15-19)31-16-30-21/h4-7,12,14-15,28H,8-11,13,16H2,1-3H3. The fourth-order valence-corrected chi connectivity index (χ4v) is 4.79. The third-order valence-corrected chi connectivity index (χ3v) is 6.63. The number of aliphatic hydroxyl groups is 1. The van der Waals surface area contributed by atoms with E-state index in [0.717, 1.165) is 46.4 Å². The molecule has 1 fully saturated rings. The van der Waals surface area contributed by atoms with Crippen molar-refractivity contribution < 1.29 is 19.4 Å². The summed E-state index contributed by atoms with van der Waals surface area (Å²) in [6, 6.07) is 14.4. The van der Waals surface area contributed by atoms with E-state index >= 15 is 0 Å². The molecule has 162 valence electrons. The molecule has 0 amide bonds. The lowest BCUT2D eigenvalue weighted by atomic mass is 9.87. The van der Waals surface area contributed by atoms with Gasteiger partial charge in [0.15, 0.2) is 11.5 Å². The zero-order chi connectivity index (χ0) is 21.8. The largest absolute Gasteiger partial charge is 0.454 e. The summed E-state index contributed by atoms with van der Waals surface area (Å²) in [6.45, 7) is 7.46.